The first-order valence-corrected chi connectivity index (χ1v) is 7.24. The molecule has 0 spiro atoms. The summed E-state index contributed by atoms with van der Waals surface area (Å²) in [6.45, 7) is 0.266. The molecule has 1 aliphatic carbocycles. The summed E-state index contributed by atoms with van der Waals surface area (Å²) in [7, 11) is 1.68. The van der Waals surface area contributed by atoms with Gasteiger partial charge in [-0.1, -0.05) is 6.07 Å². The number of hydrogen-bond acceptors (Lipinski definition) is 3. The van der Waals surface area contributed by atoms with Gasteiger partial charge in [0.05, 0.1) is 0 Å². The Bertz CT molecular complexity index is 548. The van der Waals surface area contributed by atoms with Crippen LogP contribution in [0.1, 0.15) is 24.8 Å². The molecule has 0 radical (unpaired) electrons. The molecule has 2 unspecified atom stereocenters. The fraction of sp³-hybridized carbons (Fsp3) is 0.533. The summed E-state index contributed by atoms with van der Waals surface area (Å²) in [4.78, 5) is 13.9. The van der Waals surface area contributed by atoms with Crippen LogP contribution in [0, 0.1) is 17.6 Å². The van der Waals surface area contributed by atoms with E-state index in [0.717, 1.165) is 18.6 Å². The Balaban J connectivity index is 1.58. The number of nitrogens with one attached hydrogen (secondary N) is 2. The van der Waals surface area contributed by atoms with Crippen LogP contribution in [-0.2, 0) is 11.3 Å². The summed E-state index contributed by atoms with van der Waals surface area (Å²) in [5.74, 6) is -1.10. The number of amides is 1. The number of benzene rings is 1. The summed E-state index contributed by atoms with van der Waals surface area (Å²) in [6.07, 6.45) is 3.24. The first-order valence-electron chi connectivity index (χ1n) is 7.24. The second-order valence-corrected chi connectivity index (χ2v) is 5.96. The van der Waals surface area contributed by atoms with Crippen LogP contribution in [0.25, 0.3) is 0 Å². The minimum Gasteiger partial charge on any atom is -0.340 e. The molecule has 4 nitrogen and oxygen atoms in total. The maximum atomic E-state index is 13.2. The smallest absolute Gasteiger partial charge is 0.241 e. The van der Waals surface area contributed by atoms with Gasteiger partial charge in [-0.05, 0) is 42.9 Å². The van der Waals surface area contributed by atoms with Crippen molar-refractivity contribution in [2.75, 3.05) is 7.05 Å². The van der Waals surface area contributed by atoms with Gasteiger partial charge in [-0.3, -0.25) is 10.2 Å². The van der Waals surface area contributed by atoms with Crippen LogP contribution in [0.5, 0.6) is 0 Å². The normalized spacial score (nSPS) is 25.1. The molecule has 2 N–H and O–H groups in total. The molecule has 1 amide bonds. The number of halogens is 2. The van der Waals surface area contributed by atoms with Crippen LogP contribution in [0.2, 0.25) is 0 Å². The molecule has 0 aromatic heterocycles. The Morgan fingerprint density at radius 3 is 2.71 bits per heavy atom. The topological polar surface area (TPSA) is 44.4 Å². The van der Waals surface area contributed by atoms with Gasteiger partial charge in [0, 0.05) is 19.6 Å². The van der Waals surface area contributed by atoms with Gasteiger partial charge in [0.2, 0.25) is 5.91 Å². The van der Waals surface area contributed by atoms with Gasteiger partial charge in [0.15, 0.2) is 11.6 Å². The van der Waals surface area contributed by atoms with Crippen molar-refractivity contribution in [3.05, 3.63) is 35.4 Å². The average Bonchev–Trinajstić information content (AvgIpc) is 3.20. The van der Waals surface area contributed by atoms with Gasteiger partial charge < -0.3 is 4.90 Å². The van der Waals surface area contributed by atoms with Crippen molar-refractivity contribution in [1.29, 1.82) is 0 Å². The average molecular weight is 295 g/mol. The lowest BCUT2D eigenvalue weighted by Gasteiger charge is -2.21. The lowest BCUT2D eigenvalue weighted by molar-refractivity contribution is -0.132. The fourth-order valence-electron chi connectivity index (χ4n) is 2.81. The van der Waals surface area contributed by atoms with E-state index in [1.54, 1.807) is 11.9 Å². The highest BCUT2D eigenvalue weighted by Gasteiger charge is 2.39. The molecular formula is C15H19F2N3O. The molecule has 1 saturated carbocycles. The zero-order valence-corrected chi connectivity index (χ0v) is 11.9. The second-order valence-electron chi connectivity index (χ2n) is 5.96. The van der Waals surface area contributed by atoms with E-state index < -0.39 is 11.6 Å². The largest absolute Gasteiger partial charge is 0.340 e. The first kappa shape index (κ1) is 14.4. The second kappa shape index (κ2) is 5.69. The van der Waals surface area contributed by atoms with Crippen LogP contribution in [0.3, 0.4) is 0 Å². The molecule has 1 aromatic carbocycles. The van der Waals surface area contributed by atoms with Crippen LogP contribution < -0.4 is 10.9 Å². The lowest BCUT2D eigenvalue weighted by atomic mass is 10.1. The Kier molecular flexibility index (Phi) is 3.91. The summed E-state index contributed by atoms with van der Waals surface area (Å²) < 4.78 is 26.1. The minimum absolute atomic E-state index is 0.0321. The molecule has 114 valence electrons. The minimum atomic E-state index is -0.886. The number of likely N-dealkylation sites (N-methyl/N-ethyl adjacent to an activating group) is 1. The van der Waals surface area contributed by atoms with Gasteiger partial charge in [-0.25, -0.2) is 14.2 Å². The van der Waals surface area contributed by atoms with E-state index >= 15 is 0 Å². The predicted molar refractivity (Wildman–Crippen MR) is 74.0 cm³/mol. The highest BCUT2D eigenvalue weighted by Crippen LogP contribution is 2.35. The van der Waals surface area contributed by atoms with Gasteiger partial charge in [0.25, 0.3) is 0 Å². The zero-order chi connectivity index (χ0) is 15.0. The molecule has 2 aliphatic rings. The third-order valence-electron chi connectivity index (χ3n) is 4.20. The highest BCUT2D eigenvalue weighted by atomic mass is 19.2. The van der Waals surface area contributed by atoms with Crippen LogP contribution in [0.15, 0.2) is 18.2 Å². The number of hydrazine groups is 1. The first-order chi connectivity index (χ1) is 10.0. The highest BCUT2D eigenvalue weighted by molar-refractivity contribution is 5.82. The van der Waals surface area contributed by atoms with E-state index in [4.69, 9.17) is 0 Å². The Morgan fingerprint density at radius 2 is 2.05 bits per heavy atom. The van der Waals surface area contributed by atoms with Crippen molar-refractivity contribution in [2.24, 2.45) is 5.92 Å². The standard InChI is InChI=1S/C15H19F2N3O/c1-20(8-9-2-5-11(16)12(17)6-9)15(21)14-7-13(18-19-14)10-3-4-10/h2,5-6,10,13-14,18-19H,3-4,7-8H2,1H3. The Labute approximate surface area is 122 Å². The molecule has 1 aromatic rings. The van der Waals surface area contributed by atoms with Gasteiger partial charge >= 0.3 is 0 Å². The van der Waals surface area contributed by atoms with Crippen LogP contribution >= 0.6 is 0 Å². The van der Waals surface area contributed by atoms with Crippen molar-refractivity contribution in [2.45, 2.75) is 37.9 Å². The fourth-order valence-corrected chi connectivity index (χ4v) is 2.81. The van der Waals surface area contributed by atoms with Gasteiger partial charge in [0.1, 0.15) is 6.04 Å². The number of carbonyl (C=O) groups excluding carboxylic acids is 1. The molecule has 1 aliphatic heterocycles. The van der Waals surface area contributed by atoms with Crippen molar-refractivity contribution < 1.29 is 13.6 Å². The molecule has 3 rings (SSSR count). The number of nitrogens with zero attached hydrogens (tertiary/aromatic N) is 1. The number of rotatable bonds is 4. The molecule has 1 heterocycles. The molecule has 1 saturated heterocycles. The van der Waals surface area contributed by atoms with E-state index in [1.165, 1.54) is 18.9 Å². The van der Waals surface area contributed by atoms with E-state index in [1.807, 2.05) is 0 Å². The molecule has 0 bridgehead atoms. The third kappa shape index (κ3) is 3.22. The number of carbonyl (C=O) groups is 1. The number of hydrogen-bond donors (Lipinski definition) is 2. The van der Waals surface area contributed by atoms with Gasteiger partial charge in [-0.15, -0.1) is 0 Å². The predicted octanol–water partition coefficient (Wildman–Crippen LogP) is 1.57. The van der Waals surface area contributed by atoms with Crippen LogP contribution in [0.4, 0.5) is 8.78 Å². The molecule has 2 fully saturated rings. The summed E-state index contributed by atoms with van der Waals surface area (Å²) >= 11 is 0. The van der Waals surface area contributed by atoms with Crippen molar-refractivity contribution in [1.82, 2.24) is 15.8 Å². The quantitative estimate of drug-likeness (QED) is 0.886. The molecule has 2 atom stereocenters. The summed E-state index contributed by atoms with van der Waals surface area (Å²) in [5, 5.41) is 0. The van der Waals surface area contributed by atoms with E-state index in [-0.39, 0.29) is 18.5 Å². The summed E-state index contributed by atoms with van der Waals surface area (Å²) in [6, 6.07) is 3.84. The van der Waals surface area contributed by atoms with E-state index in [9.17, 15) is 13.6 Å². The van der Waals surface area contributed by atoms with E-state index in [2.05, 4.69) is 10.9 Å². The molecular weight excluding hydrogens is 276 g/mol. The van der Waals surface area contributed by atoms with E-state index in [0.29, 0.717) is 17.5 Å². The Hall–Kier alpha value is -1.53. The monoisotopic (exact) mass is 295 g/mol. The molecule has 21 heavy (non-hydrogen) atoms. The third-order valence-corrected chi connectivity index (χ3v) is 4.20. The SMILES string of the molecule is CN(Cc1ccc(F)c(F)c1)C(=O)C1CC(C2CC2)NN1. The van der Waals surface area contributed by atoms with Crippen molar-refractivity contribution >= 4 is 5.91 Å². The lowest BCUT2D eigenvalue weighted by Crippen LogP contribution is -2.44. The van der Waals surface area contributed by atoms with Crippen LogP contribution in [-0.4, -0.2) is 29.9 Å². The Morgan fingerprint density at radius 1 is 1.29 bits per heavy atom. The molecule has 6 heteroatoms. The van der Waals surface area contributed by atoms with Crippen molar-refractivity contribution in [3.63, 3.8) is 0 Å². The van der Waals surface area contributed by atoms with Crippen molar-refractivity contribution in [3.8, 4) is 0 Å². The zero-order valence-electron chi connectivity index (χ0n) is 11.9. The maximum absolute atomic E-state index is 13.2. The van der Waals surface area contributed by atoms with Gasteiger partial charge in [-0.2, -0.15) is 0 Å². The summed E-state index contributed by atoms with van der Waals surface area (Å²) in [5.41, 5.74) is 6.80. The maximum Gasteiger partial charge on any atom is 0.241 e.